The fourth-order valence-corrected chi connectivity index (χ4v) is 4.44. The molecule has 2 aliphatic rings. The summed E-state index contributed by atoms with van der Waals surface area (Å²) < 4.78 is 39.9. The van der Waals surface area contributed by atoms with Crippen molar-refractivity contribution in [3.05, 3.63) is 23.8 Å². The van der Waals surface area contributed by atoms with Crippen molar-refractivity contribution < 1.29 is 17.7 Å². The SMILES string of the molecule is Cc1cc(B2OC(C)(C)C(C)(C)O2)ccc1S(=O)(=O)NC1CCC1. The van der Waals surface area contributed by atoms with Crippen molar-refractivity contribution in [1.29, 1.82) is 0 Å². The Balaban J connectivity index is 1.83. The molecule has 0 radical (unpaired) electrons. The number of hydrogen-bond donors (Lipinski definition) is 1. The van der Waals surface area contributed by atoms with E-state index in [1.807, 2.05) is 40.7 Å². The second kappa shape index (κ2) is 5.83. The van der Waals surface area contributed by atoms with Gasteiger partial charge in [-0.05, 0) is 64.6 Å². The van der Waals surface area contributed by atoms with E-state index in [4.69, 9.17) is 9.31 Å². The Hall–Kier alpha value is -0.885. The van der Waals surface area contributed by atoms with Gasteiger partial charge in [0.25, 0.3) is 0 Å². The van der Waals surface area contributed by atoms with Gasteiger partial charge in [-0.3, -0.25) is 0 Å². The minimum Gasteiger partial charge on any atom is -0.399 e. The van der Waals surface area contributed by atoms with E-state index in [1.165, 1.54) is 0 Å². The van der Waals surface area contributed by atoms with Gasteiger partial charge >= 0.3 is 7.12 Å². The molecule has 1 aliphatic carbocycles. The van der Waals surface area contributed by atoms with Crippen molar-refractivity contribution in [2.24, 2.45) is 0 Å². The van der Waals surface area contributed by atoms with Crippen LogP contribution in [0.4, 0.5) is 0 Å². The van der Waals surface area contributed by atoms with Gasteiger partial charge in [0, 0.05) is 6.04 Å². The van der Waals surface area contributed by atoms with Gasteiger partial charge in [-0.25, -0.2) is 13.1 Å². The second-order valence-corrected chi connectivity index (χ2v) is 9.54. The molecule has 0 spiro atoms. The monoisotopic (exact) mass is 351 g/mol. The molecule has 1 aromatic rings. The van der Waals surface area contributed by atoms with Crippen LogP contribution in [0.15, 0.2) is 23.1 Å². The maximum Gasteiger partial charge on any atom is 0.494 e. The first-order chi connectivity index (χ1) is 11.0. The molecule has 1 aromatic carbocycles. The number of hydrogen-bond acceptors (Lipinski definition) is 4. The molecule has 1 aliphatic heterocycles. The summed E-state index contributed by atoms with van der Waals surface area (Å²) in [5.74, 6) is 0. The fraction of sp³-hybridized carbons (Fsp3) is 0.647. The minimum atomic E-state index is -3.47. The summed E-state index contributed by atoms with van der Waals surface area (Å²) in [6.45, 7) is 9.81. The number of rotatable bonds is 4. The summed E-state index contributed by atoms with van der Waals surface area (Å²) in [4.78, 5) is 0.328. The Morgan fingerprint density at radius 2 is 1.71 bits per heavy atom. The summed E-state index contributed by atoms with van der Waals surface area (Å²) in [7, 11) is -3.95. The van der Waals surface area contributed by atoms with Gasteiger partial charge in [0.2, 0.25) is 10.0 Å². The van der Waals surface area contributed by atoms with Crippen LogP contribution in [-0.2, 0) is 19.3 Å². The third-order valence-electron chi connectivity index (χ3n) is 5.44. The van der Waals surface area contributed by atoms with Crippen molar-refractivity contribution >= 4 is 22.6 Å². The van der Waals surface area contributed by atoms with Crippen LogP contribution in [0.25, 0.3) is 0 Å². The Morgan fingerprint density at radius 3 is 2.17 bits per heavy atom. The van der Waals surface area contributed by atoms with Crippen molar-refractivity contribution in [2.75, 3.05) is 0 Å². The van der Waals surface area contributed by atoms with E-state index in [0.29, 0.717) is 10.5 Å². The van der Waals surface area contributed by atoms with Crippen LogP contribution in [0, 0.1) is 6.92 Å². The van der Waals surface area contributed by atoms with Gasteiger partial charge in [-0.1, -0.05) is 18.6 Å². The highest BCUT2D eigenvalue weighted by Crippen LogP contribution is 2.36. The van der Waals surface area contributed by atoms with E-state index in [0.717, 1.165) is 24.7 Å². The molecule has 1 saturated carbocycles. The molecule has 1 heterocycles. The van der Waals surface area contributed by atoms with Gasteiger partial charge in [-0.2, -0.15) is 0 Å². The summed E-state index contributed by atoms with van der Waals surface area (Å²) >= 11 is 0. The zero-order valence-corrected chi connectivity index (χ0v) is 15.9. The van der Waals surface area contributed by atoms with Gasteiger partial charge < -0.3 is 9.31 Å². The van der Waals surface area contributed by atoms with Crippen LogP contribution >= 0.6 is 0 Å². The Morgan fingerprint density at radius 1 is 1.12 bits per heavy atom. The third kappa shape index (κ3) is 3.15. The molecule has 0 bridgehead atoms. The molecule has 2 fully saturated rings. The predicted octanol–water partition coefficient (Wildman–Crippen LogP) is 2.13. The van der Waals surface area contributed by atoms with Crippen LogP contribution in [0.3, 0.4) is 0 Å². The maximum absolute atomic E-state index is 12.5. The molecule has 0 amide bonds. The topological polar surface area (TPSA) is 64.6 Å². The van der Waals surface area contributed by atoms with Crippen LogP contribution in [0.5, 0.6) is 0 Å². The highest BCUT2D eigenvalue weighted by Gasteiger charge is 2.51. The van der Waals surface area contributed by atoms with Crippen LogP contribution in [0.2, 0.25) is 0 Å². The van der Waals surface area contributed by atoms with Gasteiger partial charge in [-0.15, -0.1) is 0 Å². The van der Waals surface area contributed by atoms with Crippen molar-refractivity contribution in [3.8, 4) is 0 Å². The highest BCUT2D eigenvalue weighted by atomic mass is 32.2. The quantitative estimate of drug-likeness (QED) is 0.844. The average Bonchev–Trinajstić information content (AvgIpc) is 2.63. The molecule has 0 aromatic heterocycles. The van der Waals surface area contributed by atoms with Crippen LogP contribution in [-0.4, -0.2) is 32.8 Å². The predicted molar refractivity (Wildman–Crippen MR) is 94.9 cm³/mol. The molecule has 1 saturated heterocycles. The lowest BCUT2D eigenvalue weighted by Crippen LogP contribution is -2.41. The Bertz CT molecular complexity index is 725. The molecule has 0 atom stereocenters. The molecular formula is C17H26BNO4S. The Labute approximate surface area is 145 Å². The summed E-state index contributed by atoms with van der Waals surface area (Å²) in [5.41, 5.74) is 0.715. The fourth-order valence-electron chi connectivity index (χ4n) is 2.91. The summed E-state index contributed by atoms with van der Waals surface area (Å²) in [6, 6.07) is 5.36. The van der Waals surface area contributed by atoms with E-state index < -0.39 is 28.3 Å². The highest BCUT2D eigenvalue weighted by molar-refractivity contribution is 7.89. The van der Waals surface area contributed by atoms with E-state index in [-0.39, 0.29) is 6.04 Å². The smallest absolute Gasteiger partial charge is 0.399 e. The average molecular weight is 351 g/mol. The third-order valence-corrected chi connectivity index (χ3v) is 7.12. The first-order valence-corrected chi connectivity index (χ1v) is 9.99. The van der Waals surface area contributed by atoms with E-state index >= 15 is 0 Å². The Kier molecular flexibility index (Phi) is 4.36. The molecule has 3 rings (SSSR count). The zero-order valence-electron chi connectivity index (χ0n) is 15.0. The minimum absolute atomic E-state index is 0.0807. The number of nitrogens with one attached hydrogen (secondary N) is 1. The van der Waals surface area contributed by atoms with Crippen molar-refractivity contribution in [3.63, 3.8) is 0 Å². The van der Waals surface area contributed by atoms with Crippen LogP contribution < -0.4 is 10.2 Å². The van der Waals surface area contributed by atoms with Gasteiger partial charge in [0.05, 0.1) is 16.1 Å². The lowest BCUT2D eigenvalue weighted by molar-refractivity contribution is 0.00578. The zero-order chi connectivity index (χ0) is 17.8. The molecule has 0 unspecified atom stereocenters. The van der Waals surface area contributed by atoms with E-state index in [9.17, 15) is 8.42 Å². The molecule has 24 heavy (non-hydrogen) atoms. The second-order valence-electron chi connectivity index (χ2n) is 7.86. The number of aryl methyl sites for hydroxylation is 1. The summed E-state index contributed by atoms with van der Waals surface area (Å²) in [5, 5.41) is 0. The molecule has 7 heteroatoms. The molecular weight excluding hydrogens is 325 g/mol. The largest absolute Gasteiger partial charge is 0.494 e. The summed E-state index contributed by atoms with van der Waals surface area (Å²) in [6.07, 6.45) is 2.93. The van der Waals surface area contributed by atoms with E-state index in [2.05, 4.69) is 4.72 Å². The first-order valence-electron chi connectivity index (χ1n) is 8.50. The number of sulfonamides is 1. The lowest BCUT2D eigenvalue weighted by Gasteiger charge is -2.32. The maximum atomic E-state index is 12.5. The lowest BCUT2D eigenvalue weighted by atomic mass is 9.78. The molecule has 132 valence electrons. The van der Waals surface area contributed by atoms with Crippen LogP contribution in [0.1, 0.15) is 52.5 Å². The van der Waals surface area contributed by atoms with Gasteiger partial charge in [0.1, 0.15) is 0 Å². The van der Waals surface area contributed by atoms with Crippen molar-refractivity contribution in [2.45, 2.75) is 76.0 Å². The normalized spacial score (nSPS) is 23.3. The standard InChI is InChI=1S/C17H26BNO4S/c1-12-11-13(18-22-16(2,3)17(4,5)23-18)9-10-15(12)24(20,21)19-14-7-6-8-14/h9-11,14,19H,6-8H2,1-5H3. The first kappa shape index (κ1) is 17.9. The van der Waals surface area contributed by atoms with E-state index in [1.54, 1.807) is 12.1 Å². The van der Waals surface area contributed by atoms with Gasteiger partial charge in [0.15, 0.2) is 0 Å². The van der Waals surface area contributed by atoms with Crippen molar-refractivity contribution in [1.82, 2.24) is 4.72 Å². The number of benzene rings is 1. The molecule has 1 N–H and O–H groups in total. The molecule has 5 nitrogen and oxygen atoms in total.